The normalized spacial score (nSPS) is 23.6. The highest BCUT2D eigenvalue weighted by Crippen LogP contribution is 2.41. The molecule has 1 aromatic carbocycles. The number of halogens is 3. The van der Waals surface area contributed by atoms with E-state index in [0.717, 1.165) is 41.9 Å². The lowest BCUT2D eigenvalue weighted by atomic mass is 9.70. The summed E-state index contributed by atoms with van der Waals surface area (Å²) in [4.78, 5) is 4.91. The summed E-state index contributed by atoms with van der Waals surface area (Å²) in [5.74, 6) is 2.67. The predicted molar refractivity (Wildman–Crippen MR) is 126 cm³/mol. The van der Waals surface area contributed by atoms with Gasteiger partial charge in [-0.1, -0.05) is 51.5 Å². The molecule has 2 aliphatic carbocycles. The molecule has 5 heteroatoms. The number of ether oxygens (including phenoxy) is 1. The molecule has 0 bridgehead atoms. The molecule has 1 aromatic heterocycles. The van der Waals surface area contributed by atoms with Gasteiger partial charge in [-0.3, -0.25) is 4.98 Å². The van der Waals surface area contributed by atoms with Gasteiger partial charge >= 0.3 is 5.57 Å². The van der Waals surface area contributed by atoms with Gasteiger partial charge in [-0.2, -0.15) is 0 Å². The van der Waals surface area contributed by atoms with Gasteiger partial charge in [0.15, 0.2) is 0 Å². The lowest BCUT2D eigenvalue weighted by Crippen LogP contribution is -2.27. The van der Waals surface area contributed by atoms with Gasteiger partial charge in [-0.15, -0.1) is 8.78 Å². The predicted octanol–water partition coefficient (Wildman–Crippen LogP) is 8.41. The standard InChI is InChI=1S/C27H34ClF2NO/c1-2-3-4-5-19-6-8-20(9-7-19)22-12-16-26-23(18-22)13-17-25(31-26)21-10-14-24(15-11-21)32-27(28,29)30/h10-11,13-15,17,19-20,22H,2-9,12,16,18H2,1H3/t19?,20?,22-/m0/s1. The zero-order chi connectivity index (χ0) is 22.6. The largest absolute Gasteiger partial charge is 0.487 e. The van der Waals surface area contributed by atoms with Crippen molar-refractivity contribution in [2.75, 3.05) is 0 Å². The number of benzene rings is 1. The maximum atomic E-state index is 12.8. The van der Waals surface area contributed by atoms with Gasteiger partial charge in [0, 0.05) is 22.9 Å². The summed E-state index contributed by atoms with van der Waals surface area (Å²) in [7, 11) is 0. The quantitative estimate of drug-likeness (QED) is 0.290. The highest BCUT2D eigenvalue weighted by Gasteiger charge is 2.31. The zero-order valence-corrected chi connectivity index (χ0v) is 19.7. The summed E-state index contributed by atoms with van der Waals surface area (Å²) in [5, 5.41) is 0. The summed E-state index contributed by atoms with van der Waals surface area (Å²) in [6.07, 6.45) is 14.6. The van der Waals surface area contributed by atoms with Crippen LogP contribution in [-0.2, 0) is 12.8 Å². The van der Waals surface area contributed by atoms with Gasteiger partial charge in [0.25, 0.3) is 0 Å². The topological polar surface area (TPSA) is 22.1 Å². The molecule has 2 nitrogen and oxygen atoms in total. The van der Waals surface area contributed by atoms with Gasteiger partial charge in [-0.05, 0) is 85.8 Å². The van der Waals surface area contributed by atoms with E-state index in [1.807, 2.05) is 0 Å². The summed E-state index contributed by atoms with van der Waals surface area (Å²) < 4.78 is 30.0. The summed E-state index contributed by atoms with van der Waals surface area (Å²) in [6.45, 7) is 2.28. The van der Waals surface area contributed by atoms with Crippen LogP contribution >= 0.6 is 11.6 Å². The number of pyridine rings is 1. The van der Waals surface area contributed by atoms with Crippen molar-refractivity contribution in [1.82, 2.24) is 4.98 Å². The van der Waals surface area contributed by atoms with Crippen LogP contribution < -0.4 is 4.74 Å². The Balaban J connectivity index is 1.34. The van der Waals surface area contributed by atoms with E-state index >= 15 is 0 Å². The molecule has 0 unspecified atom stereocenters. The van der Waals surface area contributed by atoms with Crippen molar-refractivity contribution in [1.29, 1.82) is 0 Å². The van der Waals surface area contributed by atoms with Crippen molar-refractivity contribution in [2.24, 2.45) is 17.8 Å². The second-order valence-electron chi connectivity index (χ2n) is 9.65. The van der Waals surface area contributed by atoms with Crippen molar-refractivity contribution in [3.63, 3.8) is 0 Å². The molecular formula is C27H34ClF2NO. The van der Waals surface area contributed by atoms with Gasteiger partial charge in [0.2, 0.25) is 0 Å². The number of unbranched alkanes of at least 4 members (excludes halogenated alkanes) is 2. The van der Waals surface area contributed by atoms with Gasteiger partial charge < -0.3 is 4.74 Å². The molecule has 1 saturated carbocycles. The average Bonchev–Trinajstić information content (AvgIpc) is 2.78. The van der Waals surface area contributed by atoms with E-state index in [-0.39, 0.29) is 5.75 Å². The third-order valence-electron chi connectivity index (χ3n) is 7.46. The Bertz CT molecular complexity index is 872. The van der Waals surface area contributed by atoms with Crippen LogP contribution in [0.15, 0.2) is 36.4 Å². The van der Waals surface area contributed by atoms with Gasteiger partial charge in [0.1, 0.15) is 5.75 Å². The fourth-order valence-corrected chi connectivity index (χ4v) is 5.75. The Morgan fingerprint density at radius 3 is 2.41 bits per heavy atom. The second kappa shape index (κ2) is 10.5. The number of hydrogen-bond acceptors (Lipinski definition) is 2. The third kappa shape index (κ3) is 6.21. The van der Waals surface area contributed by atoms with Crippen LogP contribution in [0.4, 0.5) is 8.78 Å². The first-order valence-corrected chi connectivity index (χ1v) is 12.6. The van der Waals surface area contributed by atoms with Crippen molar-refractivity contribution >= 4 is 11.6 Å². The van der Waals surface area contributed by atoms with Crippen LogP contribution in [0.3, 0.4) is 0 Å². The monoisotopic (exact) mass is 461 g/mol. The van der Waals surface area contributed by atoms with E-state index in [1.54, 1.807) is 12.1 Å². The number of hydrogen-bond donors (Lipinski definition) is 0. The smallest absolute Gasteiger partial charge is 0.420 e. The fourth-order valence-electron chi connectivity index (χ4n) is 5.66. The minimum Gasteiger partial charge on any atom is -0.420 e. The van der Waals surface area contributed by atoms with E-state index < -0.39 is 5.57 Å². The molecule has 1 fully saturated rings. The number of aromatic nitrogens is 1. The van der Waals surface area contributed by atoms with Crippen LogP contribution in [0.5, 0.6) is 5.75 Å². The van der Waals surface area contributed by atoms with Gasteiger partial charge in [-0.25, -0.2) is 0 Å². The molecule has 0 spiro atoms. The Morgan fingerprint density at radius 1 is 0.969 bits per heavy atom. The maximum absolute atomic E-state index is 12.8. The first-order chi connectivity index (χ1) is 15.4. The lowest BCUT2D eigenvalue weighted by Gasteiger charge is -2.36. The third-order valence-corrected chi connectivity index (χ3v) is 7.54. The molecule has 0 saturated heterocycles. The number of fused-ring (bicyclic) bond motifs is 1. The first kappa shape index (κ1) is 23.5. The van der Waals surface area contributed by atoms with Crippen LogP contribution in [0.2, 0.25) is 0 Å². The Kier molecular flexibility index (Phi) is 7.70. The summed E-state index contributed by atoms with van der Waals surface area (Å²) >= 11 is 4.84. The second-order valence-corrected chi connectivity index (χ2v) is 10.1. The molecule has 2 aromatic rings. The molecule has 1 heterocycles. The van der Waals surface area contributed by atoms with Crippen LogP contribution in [-0.4, -0.2) is 10.6 Å². The molecule has 4 rings (SSSR count). The van der Waals surface area contributed by atoms with Crippen molar-refractivity contribution in [3.8, 4) is 17.0 Å². The highest BCUT2D eigenvalue weighted by molar-refractivity contribution is 6.20. The molecule has 0 aliphatic heterocycles. The minimum atomic E-state index is -3.70. The summed E-state index contributed by atoms with van der Waals surface area (Å²) in [6, 6.07) is 10.8. The summed E-state index contributed by atoms with van der Waals surface area (Å²) in [5.41, 5.74) is 0.646. The molecule has 2 aliphatic rings. The van der Waals surface area contributed by atoms with Crippen LogP contribution in [0.25, 0.3) is 11.3 Å². The molecule has 1 atom stereocenters. The molecular weight excluding hydrogens is 428 g/mol. The average molecular weight is 462 g/mol. The van der Waals surface area contributed by atoms with Crippen molar-refractivity contribution < 1.29 is 13.5 Å². The van der Waals surface area contributed by atoms with Crippen molar-refractivity contribution in [3.05, 3.63) is 47.7 Å². The molecule has 0 radical (unpaired) electrons. The van der Waals surface area contributed by atoms with Crippen molar-refractivity contribution in [2.45, 2.75) is 83.1 Å². The molecule has 174 valence electrons. The van der Waals surface area contributed by atoms with E-state index in [0.29, 0.717) is 0 Å². The van der Waals surface area contributed by atoms with Crippen LogP contribution in [0.1, 0.15) is 76.0 Å². The van der Waals surface area contributed by atoms with E-state index in [4.69, 9.17) is 16.6 Å². The van der Waals surface area contributed by atoms with Gasteiger partial charge in [0.05, 0.1) is 5.69 Å². The SMILES string of the molecule is CCCCCC1CCC([C@H]2CCc3nc(-c4ccc(OC(F)(F)Cl)cc4)ccc3C2)CC1. The maximum Gasteiger partial charge on any atom is 0.487 e. The van der Waals surface area contributed by atoms with E-state index in [9.17, 15) is 8.78 Å². The zero-order valence-electron chi connectivity index (χ0n) is 19.0. The number of aryl methyl sites for hydroxylation is 1. The Labute approximate surface area is 195 Å². The number of rotatable bonds is 8. The Morgan fingerprint density at radius 2 is 1.72 bits per heavy atom. The molecule has 32 heavy (non-hydrogen) atoms. The van der Waals surface area contributed by atoms with Crippen LogP contribution in [0, 0.1) is 17.8 Å². The fraction of sp³-hybridized carbons (Fsp3) is 0.593. The first-order valence-electron chi connectivity index (χ1n) is 12.3. The molecule has 0 N–H and O–H groups in total. The number of alkyl halides is 3. The molecule has 0 amide bonds. The van der Waals surface area contributed by atoms with E-state index in [1.165, 1.54) is 81.2 Å². The minimum absolute atomic E-state index is 0.0367. The van der Waals surface area contributed by atoms with E-state index in [2.05, 4.69) is 23.8 Å². The Hall–Kier alpha value is -1.68. The number of nitrogens with zero attached hydrogens (tertiary/aromatic N) is 1. The highest BCUT2D eigenvalue weighted by atomic mass is 35.5. The lowest BCUT2D eigenvalue weighted by molar-refractivity contribution is -0.0964.